The third-order valence-corrected chi connectivity index (χ3v) is 5.58. The maximum atomic E-state index is 11.8. The van der Waals surface area contributed by atoms with Crippen LogP contribution in [0, 0.1) is 0 Å². The number of nitrogens with zero attached hydrogens (tertiary/aromatic N) is 2. The summed E-state index contributed by atoms with van der Waals surface area (Å²) >= 11 is 3.39. The molecule has 0 bridgehead atoms. The fraction of sp³-hybridized carbons (Fsp3) is 0.412. The average Bonchev–Trinajstić information content (AvgIpc) is 3.26. The van der Waals surface area contributed by atoms with Crippen molar-refractivity contribution in [3.63, 3.8) is 0 Å². The molecule has 1 aromatic carbocycles. The molecule has 1 amide bonds. The molecule has 0 unspecified atom stereocenters. The Morgan fingerprint density at radius 1 is 1.43 bits per heavy atom. The number of rotatable bonds is 7. The molecule has 1 heterocycles. The number of amides is 1. The first-order chi connectivity index (χ1) is 11.2. The fourth-order valence-corrected chi connectivity index (χ4v) is 4.31. The Kier molecular flexibility index (Phi) is 5.23. The zero-order valence-electron chi connectivity index (χ0n) is 13.3. The average molecular weight is 348 g/mol. The van der Waals surface area contributed by atoms with Crippen LogP contribution in [-0.2, 0) is 16.3 Å². The minimum atomic E-state index is 0.0948. The van der Waals surface area contributed by atoms with Crippen molar-refractivity contribution in [1.82, 2.24) is 4.98 Å². The van der Waals surface area contributed by atoms with Crippen LogP contribution < -0.4 is 9.64 Å². The summed E-state index contributed by atoms with van der Waals surface area (Å²) in [4.78, 5) is 18.3. The number of hydrogen-bond donors (Lipinski definition) is 0. The molecule has 1 aliphatic carbocycles. The van der Waals surface area contributed by atoms with Crippen molar-refractivity contribution in [2.45, 2.75) is 37.3 Å². The summed E-state index contributed by atoms with van der Waals surface area (Å²) in [6.07, 6.45) is 2.19. The van der Waals surface area contributed by atoms with E-state index in [0.717, 1.165) is 40.9 Å². The second kappa shape index (κ2) is 7.36. The molecule has 4 nitrogen and oxygen atoms in total. The van der Waals surface area contributed by atoms with E-state index in [1.54, 1.807) is 25.4 Å². The molecule has 3 rings (SSSR count). The van der Waals surface area contributed by atoms with Gasteiger partial charge in [-0.2, -0.15) is 11.8 Å². The second-order valence-corrected chi connectivity index (χ2v) is 7.41. The molecule has 0 N–H and O–H groups in total. The predicted molar refractivity (Wildman–Crippen MR) is 96.3 cm³/mol. The van der Waals surface area contributed by atoms with Crippen molar-refractivity contribution < 1.29 is 9.53 Å². The van der Waals surface area contributed by atoms with Crippen molar-refractivity contribution in [3.8, 4) is 5.75 Å². The Bertz CT molecular complexity index is 683. The quantitative estimate of drug-likeness (QED) is 0.755. The second-order valence-electron chi connectivity index (χ2n) is 5.59. The number of benzene rings is 1. The van der Waals surface area contributed by atoms with E-state index in [-0.39, 0.29) is 5.91 Å². The Balaban J connectivity index is 1.55. The van der Waals surface area contributed by atoms with Gasteiger partial charge in [-0.1, -0.05) is 12.1 Å². The van der Waals surface area contributed by atoms with E-state index in [1.165, 1.54) is 5.56 Å². The van der Waals surface area contributed by atoms with E-state index in [2.05, 4.69) is 22.5 Å². The third kappa shape index (κ3) is 4.26. The molecule has 122 valence electrons. The minimum absolute atomic E-state index is 0.0948. The van der Waals surface area contributed by atoms with Gasteiger partial charge >= 0.3 is 0 Å². The summed E-state index contributed by atoms with van der Waals surface area (Å²) in [5, 5.41) is 2.91. The molecule has 1 aliphatic rings. The lowest BCUT2D eigenvalue weighted by Gasteiger charge is -2.16. The summed E-state index contributed by atoms with van der Waals surface area (Å²) in [5.41, 5.74) is 2.29. The fourth-order valence-electron chi connectivity index (χ4n) is 2.39. The number of carbonyl (C=O) groups is 1. The van der Waals surface area contributed by atoms with Crippen LogP contribution in [0.3, 0.4) is 0 Å². The maximum absolute atomic E-state index is 11.8. The van der Waals surface area contributed by atoms with Gasteiger partial charge in [0.25, 0.3) is 0 Å². The van der Waals surface area contributed by atoms with Crippen molar-refractivity contribution >= 4 is 34.1 Å². The highest BCUT2D eigenvalue weighted by Gasteiger charge is 2.33. The van der Waals surface area contributed by atoms with Crippen molar-refractivity contribution in [2.75, 3.05) is 12.0 Å². The molecule has 0 saturated heterocycles. The summed E-state index contributed by atoms with van der Waals surface area (Å²) in [6.45, 7) is 1.62. The van der Waals surface area contributed by atoms with Gasteiger partial charge in [0, 0.05) is 29.9 Å². The number of methoxy groups -OCH3 is 1. The molecular formula is C17H20N2O2S2. The van der Waals surface area contributed by atoms with Gasteiger partial charge in [0.05, 0.1) is 12.8 Å². The molecule has 6 heteroatoms. The highest BCUT2D eigenvalue weighted by atomic mass is 32.2. The first-order valence-electron chi connectivity index (χ1n) is 7.62. The van der Waals surface area contributed by atoms with E-state index >= 15 is 0 Å². The monoisotopic (exact) mass is 348 g/mol. The van der Waals surface area contributed by atoms with E-state index in [0.29, 0.717) is 6.04 Å². The van der Waals surface area contributed by atoms with Crippen LogP contribution in [0.2, 0.25) is 0 Å². The highest BCUT2D eigenvalue weighted by molar-refractivity contribution is 7.97. The summed E-state index contributed by atoms with van der Waals surface area (Å²) in [6, 6.07) is 8.50. The minimum Gasteiger partial charge on any atom is -0.497 e. The van der Waals surface area contributed by atoms with Gasteiger partial charge in [0.1, 0.15) is 5.75 Å². The molecule has 0 radical (unpaired) electrons. The predicted octanol–water partition coefficient (Wildman–Crippen LogP) is 4.10. The van der Waals surface area contributed by atoms with Crippen LogP contribution in [0.5, 0.6) is 5.75 Å². The first kappa shape index (κ1) is 16.3. The molecule has 0 aliphatic heterocycles. The van der Waals surface area contributed by atoms with Gasteiger partial charge < -0.3 is 4.74 Å². The van der Waals surface area contributed by atoms with Gasteiger partial charge in [-0.25, -0.2) is 4.98 Å². The standard InChI is InChI=1S/C17H20N2O2S2/c1-12(20)19(15-6-7-15)17-18-14(11-23-17)10-22-9-13-4-3-5-16(8-13)21-2/h3-5,8,11,15H,6-7,9-10H2,1-2H3. The number of thiazole rings is 1. The van der Waals surface area contributed by atoms with Crippen LogP contribution in [-0.4, -0.2) is 24.0 Å². The van der Waals surface area contributed by atoms with Crippen molar-refractivity contribution in [2.24, 2.45) is 0 Å². The smallest absolute Gasteiger partial charge is 0.225 e. The van der Waals surface area contributed by atoms with Gasteiger partial charge in [0.15, 0.2) is 5.13 Å². The molecule has 0 atom stereocenters. The number of ether oxygens (including phenoxy) is 1. The van der Waals surface area contributed by atoms with Crippen LogP contribution in [0.15, 0.2) is 29.6 Å². The highest BCUT2D eigenvalue weighted by Crippen LogP contribution is 2.34. The number of carbonyl (C=O) groups excluding carboxylic acids is 1. The van der Waals surface area contributed by atoms with Crippen molar-refractivity contribution in [3.05, 3.63) is 40.9 Å². The van der Waals surface area contributed by atoms with E-state index < -0.39 is 0 Å². The van der Waals surface area contributed by atoms with Crippen LogP contribution in [0.25, 0.3) is 0 Å². The Morgan fingerprint density at radius 2 is 2.26 bits per heavy atom. The van der Waals surface area contributed by atoms with Gasteiger partial charge in [-0.05, 0) is 30.5 Å². The normalized spacial score (nSPS) is 13.8. The lowest BCUT2D eigenvalue weighted by atomic mass is 10.2. The van der Waals surface area contributed by atoms with Crippen LogP contribution in [0.4, 0.5) is 5.13 Å². The number of thioether (sulfide) groups is 1. The van der Waals surface area contributed by atoms with Gasteiger partial charge in [0.2, 0.25) is 5.91 Å². The summed E-state index contributed by atoms with van der Waals surface area (Å²) in [5.74, 6) is 2.76. The van der Waals surface area contributed by atoms with Crippen molar-refractivity contribution in [1.29, 1.82) is 0 Å². The topological polar surface area (TPSA) is 42.4 Å². The van der Waals surface area contributed by atoms with Crippen LogP contribution in [0.1, 0.15) is 31.0 Å². The molecule has 0 spiro atoms. The first-order valence-corrected chi connectivity index (χ1v) is 9.65. The zero-order chi connectivity index (χ0) is 16.2. The Labute approximate surface area is 144 Å². The Morgan fingerprint density at radius 3 is 2.96 bits per heavy atom. The third-order valence-electron chi connectivity index (χ3n) is 3.65. The molecule has 1 aromatic heterocycles. The molecule has 2 aromatic rings. The van der Waals surface area contributed by atoms with E-state index in [9.17, 15) is 4.79 Å². The number of anilines is 1. The lowest BCUT2D eigenvalue weighted by molar-refractivity contribution is -0.116. The Hall–Kier alpha value is -1.53. The van der Waals surface area contributed by atoms with Gasteiger partial charge in [-0.3, -0.25) is 9.69 Å². The molecule has 23 heavy (non-hydrogen) atoms. The van der Waals surface area contributed by atoms with E-state index in [4.69, 9.17) is 4.74 Å². The summed E-state index contributed by atoms with van der Waals surface area (Å²) < 4.78 is 5.24. The SMILES string of the molecule is COc1cccc(CSCc2csc(N(C(C)=O)C3CC3)n2)c1. The van der Waals surface area contributed by atoms with E-state index in [1.807, 2.05) is 28.8 Å². The summed E-state index contributed by atoms with van der Waals surface area (Å²) in [7, 11) is 1.68. The lowest BCUT2D eigenvalue weighted by Crippen LogP contribution is -2.30. The molecule has 1 fully saturated rings. The molecule has 1 saturated carbocycles. The number of hydrogen-bond acceptors (Lipinski definition) is 5. The zero-order valence-corrected chi connectivity index (χ0v) is 15.0. The maximum Gasteiger partial charge on any atom is 0.225 e. The molecular weight excluding hydrogens is 328 g/mol. The van der Waals surface area contributed by atoms with Crippen LogP contribution >= 0.6 is 23.1 Å². The van der Waals surface area contributed by atoms with Gasteiger partial charge in [-0.15, -0.1) is 11.3 Å². The largest absolute Gasteiger partial charge is 0.497 e. The number of aromatic nitrogens is 1.